The van der Waals surface area contributed by atoms with Crippen molar-refractivity contribution in [3.63, 3.8) is 0 Å². The van der Waals surface area contributed by atoms with E-state index in [2.05, 4.69) is 14.8 Å². The number of halogens is 1. The summed E-state index contributed by atoms with van der Waals surface area (Å²) in [7, 11) is 0. The number of hydrogen-bond donors (Lipinski definition) is 2. The number of aromatic nitrogens is 1. The quantitative estimate of drug-likeness (QED) is 0.688. The molecule has 1 aromatic heterocycles. The van der Waals surface area contributed by atoms with Crippen molar-refractivity contribution in [2.45, 2.75) is 70.4 Å². The zero-order valence-corrected chi connectivity index (χ0v) is 19.4. The molecule has 3 aliphatic rings. The molecule has 1 aromatic rings. The van der Waals surface area contributed by atoms with E-state index in [0.29, 0.717) is 42.6 Å². The molecule has 4 rings (SSSR count). The minimum absolute atomic E-state index is 0.214. The van der Waals surface area contributed by atoms with Crippen molar-refractivity contribution in [1.29, 1.82) is 0 Å². The van der Waals surface area contributed by atoms with Crippen LogP contribution in [0.4, 0.5) is 16.3 Å². The second-order valence-electron chi connectivity index (χ2n) is 9.41. The summed E-state index contributed by atoms with van der Waals surface area (Å²) in [6, 6.07) is 1.94. The molecule has 2 N–H and O–H groups in total. The predicted molar refractivity (Wildman–Crippen MR) is 123 cm³/mol. The molecule has 32 heavy (non-hydrogen) atoms. The second kappa shape index (κ2) is 9.43. The molecule has 0 radical (unpaired) electrons. The first kappa shape index (κ1) is 23.1. The molecule has 1 saturated carbocycles. The van der Waals surface area contributed by atoms with Crippen LogP contribution in [0.5, 0.6) is 0 Å². The fraction of sp³-hybridized carbons (Fsp3) is 0.696. The number of likely N-dealkylation sites (tertiary alicyclic amines) is 1. The number of aliphatic hydroxyl groups excluding tert-OH is 1. The fourth-order valence-corrected chi connectivity index (χ4v) is 5.82. The van der Waals surface area contributed by atoms with Gasteiger partial charge >= 0.3 is 6.09 Å². The van der Waals surface area contributed by atoms with Gasteiger partial charge in [-0.15, -0.1) is 0 Å². The van der Waals surface area contributed by atoms with Crippen LogP contribution in [0, 0.1) is 5.41 Å². The molecule has 1 aliphatic carbocycles. The van der Waals surface area contributed by atoms with E-state index in [1.807, 2.05) is 6.92 Å². The van der Waals surface area contributed by atoms with Gasteiger partial charge in [0, 0.05) is 32.2 Å². The van der Waals surface area contributed by atoms with Crippen LogP contribution in [-0.2, 0) is 4.79 Å². The molecule has 176 valence electrons. The van der Waals surface area contributed by atoms with Crippen LogP contribution in [0.2, 0.25) is 5.02 Å². The maximum Gasteiger partial charge on any atom is 0.411 e. The third kappa shape index (κ3) is 4.39. The maximum atomic E-state index is 13.4. The van der Waals surface area contributed by atoms with E-state index in [9.17, 15) is 19.8 Å². The summed E-state index contributed by atoms with van der Waals surface area (Å²) < 4.78 is 0. The number of carbonyl (C=O) groups is 2. The molecule has 2 aliphatic heterocycles. The van der Waals surface area contributed by atoms with Gasteiger partial charge in [-0.05, 0) is 57.4 Å². The van der Waals surface area contributed by atoms with E-state index < -0.39 is 6.09 Å². The normalized spacial score (nSPS) is 25.4. The van der Waals surface area contributed by atoms with E-state index in [1.54, 1.807) is 12.3 Å². The summed E-state index contributed by atoms with van der Waals surface area (Å²) in [5.74, 6) is 0.931. The molecule has 0 unspecified atom stereocenters. The molecule has 0 bridgehead atoms. The Hall–Kier alpha value is -2.06. The Labute approximate surface area is 194 Å². The van der Waals surface area contributed by atoms with Crippen LogP contribution < -0.4 is 9.80 Å². The number of pyridine rings is 1. The lowest BCUT2D eigenvalue weighted by atomic mass is 9.77. The third-order valence-corrected chi connectivity index (χ3v) is 7.75. The van der Waals surface area contributed by atoms with Gasteiger partial charge in [0.1, 0.15) is 5.82 Å². The van der Waals surface area contributed by atoms with Gasteiger partial charge in [0.2, 0.25) is 5.91 Å². The van der Waals surface area contributed by atoms with Crippen LogP contribution in [0.15, 0.2) is 12.3 Å². The van der Waals surface area contributed by atoms with Crippen LogP contribution >= 0.6 is 11.6 Å². The summed E-state index contributed by atoms with van der Waals surface area (Å²) >= 11 is 6.51. The Morgan fingerprint density at radius 3 is 2.47 bits per heavy atom. The summed E-state index contributed by atoms with van der Waals surface area (Å²) in [6.45, 7) is 4.53. The standard InChI is InChI=1S/C23H33ClN4O4/c1-2-10-28(22(31)32)17-14-19(24)20(25-15-17)26-11-7-23(8-12-26)9-13-27(21(23)30)16-3-5-18(29)6-4-16/h14-16,18,29H,2-13H2,1H3,(H,31,32)/t16-,18+. The first-order chi connectivity index (χ1) is 15.3. The number of piperidine rings is 1. The third-order valence-electron chi connectivity index (χ3n) is 7.47. The summed E-state index contributed by atoms with van der Waals surface area (Å²) in [4.78, 5) is 34.8. The van der Waals surface area contributed by atoms with Gasteiger partial charge < -0.3 is 20.0 Å². The Morgan fingerprint density at radius 1 is 1.22 bits per heavy atom. The minimum atomic E-state index is -1.02. The van der Waals surface area contributed by atoms with Gasteiger partial charge in [0.25, 0.3) is 0 Å². The number of anilines is 2. The highest BCUT2D eigenvalue weighted by Crippen LogP contribution is 2.45. The number of carboxylic acid groups (broad SMARTS) is 1. The molecule has 3 heterocycles. The summed E-state index contributed by atoms with van der Waals surface area (Å²) in [5, 5.41) is 19.6. The first-order valence-corrected chi connectivity index (χ1v) is 12.1. The van der Waals surface area contributed by atoms with Crippen molar-refractivity contribution in [2.24, 2.45) is 5.41 Å². The average Bonchev–Trinajstić information content (AvgIpc) is 3.09. The lowest BCUT2D eigenvalue weighted by Gasteiger charge is -2.40. The molecular formula is C23H33ClN4O4. The fourth-order valence-electron chi connectivity index (χ4n) is 5.54. The smallest absolute Gasteiger partial charge is 0.411 e. The number of hydrogen-bond acceptors (Lipinski definition) is 5. The summed E-state index contributed by atoms with van der Waals surface area (Å²) in [6.07, 6.45) is 6.83. The maximum absolute atomic E-state index is 13.4. The van der Waals surface area contributed by atoms with Crippen LogP contribution in [0.25, 0.3) is 0 Å². The van der Waals surface area contributed by atoms with Crippen molar-refractivity contribution in [3.05, 3.63) is 17.3 Å². The topological polar surface area (TPSA) is 97.2 Å². The van der Waals surface area contributed by atoms with Gasteiger partial charge in [0.05, 0.1) is 28.4 Å². The van der Waals surface area contributed by atoms with Crippen LogP contribution in [0.3, 0.4) is 0 Å². The van der Waals surface area contributed by atoms with Crippen LogP contribution in [0.1, 0.15) is 58.3 Å². The largest absolute Gasteiger partial charge is 0.465 e. The van der Waals surface area contributed by atoms with E-state index in [0.717, 1.165) is 51.5 Å². The zero-order valence-electron chi connectivity index (χ0n) is 18.7. The highest BCUT2D eigenvalue weighted by atomic mass is 35.5. The predicted octanol–water partition coefficient (Wildman–Crippen LogP) is 3.75. The SMILES string of the molecule is CCCN(C(=O)O)c1cnc(N2CCC3(CC2)CCN([C@H]2CC[C@@H](O)CC2)C3=O)c(Cl)c1. The van der Waals surface area contributed by atoms with Crippen molar-refractivity contribution in [3.8, 4) is 0 Å². The van der Waals surface area contributed by atoms with E-state index in [-0.39, 0.29) is 23.5 Å². The minimum Gasteiger partial charge on any atom is -0.465 e. The lowest BCUT2D eigenvalue weighted by Crippen LogP contribution is -2.47. The van der Waals surface area contributed by atoms with Crippen LogP contribution in [-0.4, -0.2) is 70.4 Å². The zero-order chi connectivity index (χ0) is 22.9. The number of nitrogens with zero attached hydrogens (tertiary/aromatic N) is 4. The lowest BCUT2D eigenvalue weighted by molar-refractivity contribution is -0.139. The van der Waals surface area contributed by atoms with Gasteiger partial charge in [-0.3, -0.25) is 9.69 Å². The first-order valence-electron chi connectivity index (χ1n) is 11.7. The highest BCUT2D eigenvalue weighted by molar-refractivity contribution is 6.33. The van der Waals surface area contributed by atoms with Gasteiger partial charge in [-0.25, -0.2) is 9.78 Å². The molecule has 8 nitrogen and oxygen atoms in total. The van der Waals surface area contributed by atoms with Crippen molar-refractivity contribution < 1.29 is 19.8 Å². The second-order valence-corrected chi connectivity index (χ2v) is 9.82. The number of rotatable bonds is 5. The molecule has 9 heteroatoms. The average molecular weight is 465 g/mol. The number of amides is 2. The molecule has 0 atom stereocenters. The Balaban J connectivity index is 1.40. The van der Waals surface area contributed by atoms with Crippen molar-refractivity contribution >= 4 is 35.1 Å². The molecule has 1 spiro atoms. The Kier molecular flexibility index (Phi) is 6.81. The molecule has 2 amide bonds. The van der Waals surface area contributed by atoms with Crippen molar-refractivity contribution in [1.82, 2.24) is 9.88 Å². The van der Waals surface area contributed by atoms with Gasteiger partial charge in [-0.2, -0.15) is 0 Å². The Bertz CT molecular complexity index is 850. The summed E-state index contributed by atoms with van der Waals surface area (Å²) in [5.41, 5.74) is 0.182. The number of carbonyl (C=O) groups excluding carboxylic acids is 1. The molecule has 3 fully saturated rings. The van der Waals surface area contributed by atoms with E-state index in [1.165, 1.54) is 4.90 Å². The highest BCUT2D eigenvalue weighted by Gasteiger charge is 2.50. The number of aliphatic hydroxyl groups is 1. The molecule has 0 aromatic carbocycles. The molecular weight excluding hydrogens is 432 g/mol. The van der Waals surface area contributed by atoms with E-state index >= 15 is 0 Å². The monoisotopic (exact) mass is 464 g/mol. The van der Waals surface area contributed by atoms with Gasteiger partial charge in [-0.1, -0.05) is 18.5 Å². The van der Waals surface area contributed by atoms with E-state index in [4.69, 9.17) is 11.6 Å². The Morgan fingerprint density at radius 2 is 1.88 bits per heavy atom. The van der Waals surface area contributed by atoms with Gasteiger partial charge in [0.15, 0.2) is 0 Å². The molecule has 2 saturated heterocycles. The van der Waals surface area contributed by atoms with Crippen molar-refractivity contribution in [2.75, 3.05) is 36.0 Å².